The number of hydrogen-bond acceptors (Lipinski definition) is 3. The minimum Gasteiger partial charge on any atom is -0.469 e. The maximum Gasteiger partial charge on any atom is 0.416 e. The van der Waals surface area contributed by atoms with Crippen molar-refractivity contribution in [2.24, 2.45) is 5.73 Å². The van der Waals surface area contributed by atoms with Crippen molar-refractivity contribution in [3.63, 3.8) is 0 Å². The molecule has 0 spiro atoms. The number of aryl methyl sites for hydroxylation is 1. The number of halogens is 3. The first-order chi connectivity index (χ1) is 9.82. The molecule has 21 heavy (non-hydrogen) atoms. The van der Waals surface area contributed by atoms with E-state index in [9.17, 15) is 18.0 Å². The molecule has 0 aliphatic carbocycles. The summed E-state index contributed by atoms with van der Waals surface area (Å²) in [5.74, 6) is -0.142. The van der Waals surface area contributed by atoms with Gasteiger partial charge in [0.1, 0.15) is 5.76 Å². The van der Waals surface area contributed by atoms with Crippen LogP contribution in [0.5, 0.6) is 0 Å². The van der Waals surface area contributed by atoms with Crippen LogP contribution in [0.1, 0.15) is 27.2 Å². The van der Waals surface area contributed by atoms with Crippen LogP contribution >= 0.6 is 0 Å². The third-order valence-corrected chi connectivity index (χ3v) is 3.00. The van der Waals surface area contributed by atoms with Gasteiger partial charge in [0.05, 0.1) is 17.4 Å². The molecule has 3 N–H and O–H groups in total. The number of anilines is 1. The number of nitrogens with two attached hydrogens (primary N) is 1. The van der Waals surface area contributed by atoms with Crippen molar-refractivity contribution in [2.75, 3.05) is 5.32 Å². The second-order valence-electron chi connectivity index (χ2n) is 4.42. The summed E-state index contributed by atoms with van der Waals surface area (Å²) in [5.41, 5.74) is 4.73. The molecule has 1 amide bonds. The van der Waals surface area contributed by atoms with E-state index in [-0.39, 0.29) is 23.4 Å². The van der Waals surface area contributed by atoms with Crippen LogP contribution < -0.4 is 11.1 Å². The molecule has 0 saturated heterocycles. The summed E-state index contributed by atoms with van der Waals surface area (Å²) in [6, 6.07) is 4.95. The van der Waals surface area contributed by atoms with E-state index in [2.05, 4.69) is 5.32 Å². The molecule has 112 valence electrons. The molecule has 7 heteroatoms. The molecule has 0 fully saturated rings. The fraction of sp³-hybridized carbons (Fsp3) is 0.214. The zero-order valence-corrected chi connectivity index (χ0v) is 11.1. The Morgan fingerprint density at radius 2 is 2.05 bits per heavy atom. The fourth-order valence-corrected chi connectivity index (χ4v) is 1.92. The molecule has 1 aromatic carbocycles. The van der Waals surface area contributed by atoms with Crippen molar-refractivity contribution in [1.29, 1.82) is 0 Å². The van der Waals surface area contributed by atoms with E-state index in [4.69, 9.17) is 10.2 Å². The highest BCUT2D eigenvalue weighted by atomic mass is 19.4. The summed E-state index contributed by atoms with van der Waals surface area (Å²) < 4.78 is 43.7. The average Bonchev–Trinajstić information content (AvgIpc) is 2.84. The maximum atomic E-state index is 12.9. The van der Waals surface area contributed by atoms with Crippen LogP contribution in [0.25, 0.3) is 0 Å². The van der Waals surface area contributed by atoms with Gasteiger partial charge < -0.3 is 15.5 Å². The maximum absolute atomic E-state index is 12.9. The number of nitrogens with one attached hydrogen (secondary N) is 1. The molecular weight excluding hydrogens is 285 g/mol. The Balaban J connectivity index is 2.30. The molecule has 0 radical (unpaired) electrons. The summed E-state index contributed by atoms with van der Waals surface area (Å²) in [5, 5.41) is 2.41. The Morgan fingerprint density at radius 3 is 2.57 bits per heavy atom. The Morgan fingerprint density at radius 1 is 1.33 bits per heavy atom. The fourth-order valence-electron chi connectivity index (χ4n) is 1.92. The van der Waals surface area contributed by atoms with Gasteiger partial charge in [-0.1, -0.05) is 6.07 Å². The van der Waals surface area contributed by atoms with Gasteiger partial charge in [0.25, 0.3) is 5.91 Å². The number of carbonyl (C=O) groups is 1. The first-order valence-electron chi connectivity index (χ1n) is 6.08. The quantitative estimate of drug-likeness (QED) is 0.913. The SMILES string of the molecule is Cc1occc1C(=O)Nc1ccc(CN)c(C(F)(F)F)c1. The second kappa shape index (κ2) is 5.61. The molecule has 0 saturated carbocycles. The molecule has 2 rings (SSSR count). The van der Waals surface area contributed by atoms with Crippen LogP contribution in [-0.2, 0) is 12.7 Å². The van der Waals surface area contributed by atoms with Gasteiger partial charge in [-0.3, -0.25) is 4.79 Å². The molecule has 4 nitrogen and oxygen atoms in total. The van der Waals surface area contributed by atoms with Crippen molar-refractivity contribution in [1.82, 2.24) is 0 Å². The average molecular weight is 298 g/mol. The van der Waals surface area contributed by atoms with Crippen LogP contribution in [0.4, 0.5) is 18.9 Å². The van der Waals surface area contributed by atoms with Gasteiger partial charge in [0.15, 0.2) is 0 Å². The van der Waals surface area contributed by atoms with Crippen LogP contribution in [-0.4, -0.2) is 5.91 Å². The van der Waals surface area contributed by atoms with Gasteiger partial charge >= 0.3 is 6.18 Å². The smallest absolute Gasteiger partial charge is 0.416 e. The van der Waals surface area contributed by atoms with Crippen LogP contribution in [0, 0.1) is 6.92 Å². The summed E-state index contributed by atoms with van der Waals surface area (Å²) >= 11 is 0. The predicted molar refractivity (Wildman–Crippen MR) is 70.7 cm³/mol. The molecule has 0 atom stereocenters. The highest BCUT2D eigenvalue weighted by Crippen LogP contribution is 2.33. The number of benzene rings is 1. The molecule has 0 aliphatic rings. The summed E-state index contributed by atoms with van der Waals surface area (Å²) in [7, 11) is 0. The number of carbonyl (C=O) groups excluding carboxylic acids is 1. The molecule has 1 aromatic heterocycles. The van der Waals surface area contributed by atoms with E-state index in [1.165, 1.54) is 24.5 Å². The van der Waals surface area contributed by atoms with Gasteiger partial charge in [-0.15, -0.1) is 0 Å². The largest absolute Gasteiger partial charge is 0.469 e. The predicted octanol–water partition coefficient (Wildman–Crippen LogP) is 3.32. The molecule has 0 unspecified atom stereocenters. The number of rotatable bonds is 3. The number of furan rings is 1. The van der Waals surface area contributed by atoms with Gasteiger partial charge in [0, 0.05) is 12.2 Å². The van der Waals surface area contributed by atoms with Gasteiger partial charge in [0.2, 0.25) is 0 Å². The lowest BCUT2D eigenvalue weighted by Gasteiger charge is -2.14. The molecule has 0 bridgehead atoms. The summed E-state index contributed by atoms with van der Waals surface area (Å²) in [4.78, 5) is 11.9. The van der Waals surface area contributed by atoms with Crippen molar-refractivity contribution in [3.8, 4) is 0 Å². The van der Waals surface area contributed by atoms with Gasteiger partial charge in [-0.25, -0.2) is 0 Å². The highest BCUT2D eigenvalue weighted by Gasteiger charge is 2.33. The monoisotopic (exact) mass is 298 g/mol. The summed E-state index contributed by atoms with van der Waals surface area (Å²) in [6.07, 6.45) is -3.19. The lowest BCUT2D eigenvalue weighted by Crippen LogP contribution is -2.15. The van der Waals surface area contributed by atoms with E-state index in [0.29, 0.717) is 5.76 Å². The zero-order valence-electron chi connectivity index (χ0n) is 11.1. The van der Waals surface area contributed by atoms with E-state index < -0.39 is 17.6 Å². The summed E-state index contributed by atoms with van der Waals surface area (Å²) in [6.45, 7) is 1.36. The van der Waals surface area contributed by atoms with Crippen molar-refractivity contribution >= 4 is 11.6 Å². The topological polar surface area (TPSA) is 68.3 Å². The Kier molecular flexibility index (Phi) is 4.04. The van der Waals surface area contributed by atoms with E-state index in [1.54, 1.807) is 6.92 Å². The molecule has 0 aliphatic heterocycles. The van der Waals surface area contributed by atoms with Gasteiger partial charge in [-0.05, 0) is 30.7 Å². The van der Waals surface area contributed by atoms with E-state index in [1.807, 2.05) is 0 Å². The third kappa shape index (κ3) is 3.25. The minimum absolute atomic E-state index is 0.0278. The normalized spacial score (nSPS) is 11.5. The number of amides is 1. The Hall–Kier alpha value is -2.28. The Labute approximate surface area is 118 Å². The van der Waals surface area contributed by atoms with Crippen molar-refractivity contribution in [2.45, 2.75) is 19.6 Å². The first-order valence-corrected chi connectivity index (χ1v) is 6.08. The van der Waals surface area contributed by atoms with Gasteiger partial charge in [-0.2, -0.15) is 13.2 Å². The van der Waals surface area contributed by atoms with E-state index >= 15 is 0 Å². The van der Waals surface area contributed by atoms with E-state index in [0.717, 1.165) is 6.07 Å². The highest BCUT2D eigenvalue weighted by molar-refractivity contribution is 6.04. The minimum atomic E-state index is -4.53. The Bertz CT molecular complexity index is 662. The standard InChI is InChI=1S/C14H13F3N2O2/c1-8-11(4-5-21-8)13(20)19-10-3-2-9(7-18)12(6-10)14(15,16)17/h2-6H,7,18H2,1H3,(H,19,20). The lowest BCUT2D eigenvalue weighted by atomic mass is 10.1. The number of hydrogen-bond donors (Lipinski definition) is 2. The second-order valence-corrected chi connectivity index (χ2v) is 4.42. The van der Waals surface area contributed by atoms with Crippen LogP contribution in [0.15, 0.2) is 34.9 Å². The lowest BCUT2D eigenvalue weighted by molar-refractivity contribution is -0.138. The van der Waals surface area contributed by atoms with Crippen molar-refractivity contribution in [3.05, 3.63) is 53.0 Å². The zero-order chi connectivity index (χ0) is 15.6. The van der Waals surface area contributed by atoms with Crippen molar-refractivity contribution < 1.29 is 22.4 Å². The molecule has 2 aromatic rings. The third-order valence-electron chi connectivity index (χ3n) is 3.00. The number of alkyl halides is 3. The first kappa shape index (κ1) is 15.1. The molecule has 1 heterocycles. The van der Waals surface area contributed by atoms with Crippen LogP contribution in [0.3, 0.4) is 0 Å². The molecular formula is C14H13F3N2O2. The van der Waals surface area contributed by atoms with Crippen LogP contribution in [0.2, 0.25) is 0 Å².